The lowest BCUT2D eigenvalue weighted by molar-refractivity contribution is -0.136. The maximum atomic E-state index is 12.9. The molecule has 2 aliphatic rings. The highest BCUT2D eigenvalue weighted by atomic mass is 16.6. The van der Waals surface area contributed by atoms with Gasteiger partial charge in [-0.2, -0.15) is 0 Å². The van der Waals surface area contributed by atoms with Gasteiger partial charge in [0.15, 0.2) is 0 Å². The molecule has 1 aliphatic heterocycles. The fraction of sp³-hybridized carbons (Fsp3) is 0.286. The van der Waals surface area contributed by atoms with Gasteiger partial charge in [0.1, 0.15) is 6.61 Å². The number of benzene rings is 3. The number of hydrogen-bond donors (Lipinski definition) is 1. The van der Waals surface area contributed by atoms with Crippen LogP contribution in [0, 0.1) is 6.92 Å². The van der Waals surface area contributed by atoms with Crippen LogP contribution in [0.25, 0.3) is 21.6 Å². The van der Waals surface area contributed by atoms with Crippen molar-refractivity contribution in [1.29, 1.82) is 0 Å². The maximum Gasteiger partial charge on any atom is 0.409 e. The molecule has 3 aromatic carbocycles. The van der Waals surface area contributed by atoms with Gasteiger partial charge >= 0.3 is 12.1 Å². The van der Waals surface area contributed by atoms with Crippen LogP contribution in [0.4, 0.5) is 16.2 Å². The van der Waals surface area contributed by atoms with Gasteiger partial charge in [-0.3, -0.25) is 4.79 Å². The van der Waals surface area contributed by atoms with Crippen LogP contribution < -0.4 is 4.90 Å². The SMILES string of the molecule is Cc1c(CC(=O)O)cc(N2CCN(C(=O)OCC3c4ccccc4-c4ccccc43)CC2)cc1N=[N+]=[N-]. The number of hydrogen-bond acceptors (Lipinski definition) is 5. The summed E-state index contributed by atoms with van der Waals surface area (Å²) in [5, 5.41) is 13.0. The van der Waals surface area contributed by atoms with Crippen molar-refractivity contribution < 1.29 is 19.4 Å². The second kappa shape index (κ2) is 10.2. The van der Waals surface area contributed by atoms with Crippen LogP contribution in [0.1, 0.15) is 28.2 Å². The zero-order chi connectivity index (χ0) is 25.9. The van der Waals surface area contributed by atoms with Gasteiger partial charge in [0.2, 0.25) is 0 Å². The number of nitrogens with zero attached hydrogens (tertiary/aromatic N) is 5. The van der Waals surface area contributed by atoms with Gasteiger partial charge in [-0.05, 0) is 58.0 Å². The summed E-state index contributed by atoms with van der Waals surface area (Å²) in [4.78, 5) is 30.9. The summed E-state index contributed by atoms with van der Waals surface area (Å²) in [6, 6.07) is 20.1. The number of azide groups is 1. The van der Waals surface area contributed by atoms with Crippen molar-refractivity contribution in [3.8, 4) is 11.1 Å². The molecule has 0 spiro atoms. The third kappa shape index (κ3) is 4.81. The number of carbonyl (C=O) groups excluding carboxylic acids is 1. The molecule has 1 fully saturated rings. The Labute approximate surface area is 214 Å². The summed E-state index contributed by atoms with van der Waals surface area (Å²) in [5.74, 6) is -0.941. The molecule has 1 aliphatic carbocycles. The van der Waals surface area contributed by atoms with Gasteiger partial charge in [0.25, 0.3) is 0 Å². The number of carbonyl (C=O) groups is 2. The van der Waals surface area contributed by atoms with E-state index in [1.165, 1.54) is 22.3 Å². The standard InChI is InChI=1S/C28H27N5O4/c1-18-19(15-27(34)35)14-20(16-26(18)30-31-29)32-10-12-33(13-11-32)28(36)37-17-25-23-8-4-2-6-21(23)22-7-3-5-9-24(22)25/h2-9,14,16,25H,10-13,15,17H2,1H3,(H,34,35). The van der Waals surface area contributed by atoms with E-state index in [1.54, 1.807) is 17.9 Å². The lowest BCUT2D eigenvalue weighted by Crippen LogP contribution is -2.49. The van der Waals surface area contributed by atoms with Crippen LogP contribution in [0.2, 0.25) is 0 Å². The molecule has 5 rings (SSSR count). The minimum atomic E-state index is -0.952. The van der Waals surface area contributed by atoms with Gasteiger partial charge in [-0.15, -0.1) is 0 Å². The van der Waals surface area contributed by atoms with E-state index in [-0.39, 0.29) is 25.0 Å². The molecule has 1 saturated heterocycles. The van der Waals surface area contributed by atoms with Crippen molar-refractivity contribution >= 4 is 23.4 Å². The average Bonchev–Trinajstić information content (AvgIpc) is 3.23. The Hall–Kier alpha value is -4.49. The molecule has 1 N–H and O–H groups in total. The first-order valence-corrected chi connectivity index (χ1v) is 12.2. The molecule has 9 heteroatoms. The molecule has 3 aromatic rings. The van der Waals surface area contributed by atoms with Crippen LogP contribution in [0.5, 0.6) is 0 Å². The Bertz CT molecular complexity index is 1360. The number of carboxylic acid groups (broad SMARTS) is 1. The lowest BCUT2D eigenvalue weighted by atomic mass is 9.98. The van der Waals surface area contributed by atoms with E-state index in [2.05, 4.69) is 39.2 Å². The molecule has 1 heterocycles. The summed E-state index contributed by atoms with van der Waals surface area (Å²) in [6.07, 6.45) is -0.500. The van der Waals surface area contributed by atoms with Crippen molar-refractivity contribution in [2.24, 2.45) is 5.11 Å². The number of piperazine rings is 1. The molecule has 188 valence electrons. The number of carboxylic acids is 1. The molecule has 0 unspecified atom stereocenters. The predicted octanol–water partition coefficient (Wildman–Crippen LogP) is 5.64. The number of anilines is 1. The maximum absolute atomic E-state index is 12.9. The first-order valence-electron chi connectivity index (χ1n) is 12.2. The van der Waals surface area contributed by atoms with E-state index in [1.807, 2.05) is 30.3 Å². The number of ether oxygens (including phenoxy) is 1. The zero-order valence-electron chi connectivity index (χ0n) is 20.5. The zero-order valence-corrected chi connectivity index (χ0v) is 20.5. The topological polar surface area (TPSA) is 119 Å². The molecule has 9 nitrogen and oxygen atoms in total. The van der Waals surface area contributed by atoms with Crippen molar-refractivity contribution in [1.82, 2.24) is 4.90 Å². The molecular weight excluding hydrogens is 470 g/mol. The number of aliphatic carboxylic acids is 1. The Morgan fingerprint density at radius 2 is 1.65 bits per heavy atom. The van der Waals surface area contributed by atoms with Gasteiger partial charge in [-0.1, -0.05) is 53.6 Å². The summed E-state index contributed by atoms with van der Waals surface area (Å²) in [6.45, 7) is 4.07. The molecule has 0 saturated carbocycles. The summed E-state index contributed by atoms with van der Waals surface area (Å²) < 4.78 is 5.80. The van der Waals surface area contributed by atoms with Crippen LogP contribution in [0.15, 0.2) is 65.8 Å². The quantitative estimate of drug-likeness (QED) is 0.269. The predicted molar refractivity (Wildman–Crippen MR) is 140 cm³/mol. The smallest absolute Gasteiger partial charge is 0.409 e. The highest BCUT2D eigenvalue weighted by Gasteiger charge is 2.30. The first kappa shape index (κ1) is 24.2. The minimum absolute atomic E-state index is 0.0111. The summed E-state index contributed by atoms with van der Waals surface area (Å²) >= 11 is 0. The van der Waals surface area contributed by atoms with E-state index < -0.39 is 5.97 Å². The molecular formula is C28H27N5O4. The molecule has 0 bridgehead atoms. The van der Waals surface area contributed by atoms with Gasteiger partial charge in [0, 0.05) is 48.4 Å². The Morgan fingerprint density at radius 1 is 1.03 bits per heavy atom. The molecule has 0 aromatic heterocycles. The second-order valence-electron chi connectivity index (χ2n) is 9.29. The monoisotopic (exact) mass is 497 g/mol. The Kier molecular flexibility index (Phi) is 6.70. The molecule has 0 radical (unpaired) electrons. The third-order valence-electron chi connectivity index (χ3n) is 7.21. The van der Waals surface area contributed by atoms with Crippen LogP contribution >= 0.6 is 0 Å². The Morgan fingerprint density at radius 3 is 2.24 bits per heavy atom. The van der Waals surface area contributed by atoms with Gasteiger partial charge in [0.05, 0.1) is 6.42 Å². The van der Waals surface area contributed by atoms with Crippen molar-refractivity contribution in [2.75, 3.05) is 37.7 Å². The van der Waals surface area contributed by atoms with Crippen molar-refractivity contribution in [3.05, 3.63) is 93.4 Å². The number of amides is 1. The Balaban J connectivity index is 1.24. The summed E-state index contributed by atoms with van der Waals surface area (Å²) in [5.41, 5.74) is 16.1. The van der Waals surface area contributed by atoms with Gasteiger partial charge < -0.3 is 19.6 Å². The highest BCUT2D eigenvalue weighted by Crippen LogP contribution is 2.44. The molecule has 1 amide bonds. The van der Waals surface area contributed by atoms with E-state index in [0.717, 1.165) is 5.69 Å². The second-order valence-corrected chi connectivity index (χ2v) is 9.29. The first-order chi connectivity index (χ1) is 18.0. The molecule has 0 atom stereocenters. The average molecular weight is 498 g/mol. The van der Waals surface area contributed by atoms with Crippen LogP contribution in [-0.4, -0.2) is 54.9 Å². The lowest BCUT2D eigenvalue weighted by Gasteiger charge is -2.36. The normalized spacial score (nSPS) is 14.5. The van der Waals surface area contributed by atoms with E-state index >= 15 is 0 Å². The van der Waals surface area contributed by atoms with Crippen molar-refractivity contribution in [2.45, 2.75) is 19.3 Å². The molecule has 37 heavy (non-hydrogen) atoms. The van der Waals surface area contributed by atoms with Gasteiger partial charge in [-0.25, -0.2) is 4.79 Å². The number of rotatable bonds is 6. The summed E-state index contributed by atoms with van der Waals surface area (Å²) in [7, 11) is 0. The minimum Gasteiger partial charge on any atom is -0.481 e. The van der Waals surface area contributed by atoms with Crippen molar-refractivity contribution in [3.63, 3.8) is 0 Å². The van der Waals surface area contributed by atoms with Crippen LogP contribution in [-0.2, 0) is 16.0 Å². The fourth-order valence-electron chi connectivity index (χ4n) is 5.25. The van der Waals surface area contributed by atoms with Crippen LogP contribution in [0.3, 0.4) is 0 Å². The van der Waals surface area contributed by atoms with E-state index in [4.69, 9.17) is 10.3 Å². The third-order valence-corrected chi connectivity index (χ3v) is 7.21. The fourth-order valence-corrected chi connectivity index (χ4v) is 5.25. The van der Waals surface area contributed by atoms with E-state index in [0.29, 0.717) is 43.0 Å². The van der Waals surface area contributed by atoms with E-state index in [9.17, 15) is 14.7 Å². The largest absolute Gasteiger partial charge is 0.481 e. The highest BCUT2D eigenvalue weighted by molar-refractivity contribution is 5.79. The number of fused-ring (bicyclic) bond motifs is 3.